The van der Waals surface area contributed by atoms with Gasteiger partial charge in [-0.1, -0.05) is 24.3 Å². The number of ether oxygens (including phenoxy) is 2. The van der Waals surface area contributed by atoms with E-state index in [1.165, 1.54) is 5.56 Å². The average molecular weight is 302 g/mol. The molecule has 1 aromatic rings. The lowest BCUT2D eigenvalue weighted by molar-refractivity contribution is 0.106. The van der Waals surface area contributed by atoms with Gasteiger partial charge in [0, 0.05) is 33.4 Å². The zero-order chi connectivity index (χ0) is 16.2. The van der Waals surface area contributed by atoms with Gasteiger partial charge in [-0.2, -0.15) is 5.26 Å². The molecule has 4 nitrogen and oxygen atoms in total. The van der Waals surface area contributed by atoms with E-state index in [-0.39, 0.29) is 6.10 Å². The Labute approximate surface area is 133 Å². The molecule has 0 aromatic heterocycles. The Balaban J connectivity index is 2.21. The van der Waals surface area contributed by atoms with Crippen LogP contribution in [0.2, 0.25) is 0 Å². The van der Waals surface area contributed by atoms with Crippen molar-refractivity contribution in [1.82, 2.24) is 4.90 Å². The highest BCUT2D eigenvalue weighted by Crippen LogP contribution is 2.29. The van der Waals surface area contributed by atoms with E-state index in [9.17, 15) is 5.26 Å². The van der Waals surface area contributed by atoms with Crippen LogP contribution in [0.15, 0.2) is 24.3 Å². The maximum atomic E-state index is 9.45. The Bertz CT molecular complexity index is 536. The normalized spacial score (nSPS) is 22.7. The van der Waals surface area contributed by atoms with Crippen molar-refractivity contribution in [1.29, 1.82) is 5.26 Å². The molecular formula is C18H26N2O2. The fraction of sp³-hybridized carbons (Fsp3) is 0.611. The molecule has 1 fully saturated rings. The topological polar surface area (TPSA) is 45.5 Å². The SMILES string of the molecule is COC[C@@H]1C[C@@H](OC)CN1Cc1ccccc1C(C)(C)C#N. The third-order valence-electron chi connectivity index (χ3n) is 4.53. The second kappa shape index (κ2) is 7.23. The van der Waals surface area contributed by atoms with Crippen molar-refractivity contribution in [3.8, 4) is 6.07 Å². The van der Waals surface area contributed by atoms with Crippen molar-refractivity contribution >= 4 is 0 Å². The van der Waals surface area contributed by atoms with Gasteiger partial charge in [0.1, 0.15) is 0 Å². The van der Waals surface area contributed by atoms with E-state index in [0.29, 0.717) is 12.6 Å². The molecule has 1 heterocycles. The summed E-state index contributed by atoms with van der Waals surface area (Å²) < 4.78 is 10.9. The molecule has 1 aliphatic rings. The molecule has 120 valence electrons. The highest BCUT2D eigenvalue weighted by Gasteiger charge is 2.33. The van der Waals surface area contributed by atoms with Gasteiger partial charge in [-0.25, -0.2) is 0 Å². The van der Waals surface area contributed by atoms with Crippen LogP contribution in [0.3, 0.4) is 0 Å². The number of hydrogen-bond acceptors (Lipinski definition) is 4. The Morgan fingerprint density at radius 1 is 1.32 bits per heavy atom. The summed E-state index contributed by atoms with van der Waals surface area (Å²) in [6, 6.07) is 11.0. The molecule has 4 heteroatoms. The first kappa shape index (κ1) is 17.0. The molecule has 0 aliphatic carbocycles. The van der Waals surface area contributed by atoms with Crippen LogP contribution in [0.1, 0.15) is 31.4 Å². The van der Waals surface area contributed by atoms with Crippen LogP contribution < -0.4 is 0 Å². The molecule has 0 spiro atoms. The number of nitrogens with zero attached hydrogens (tertiary/aromatic N) is 2. The van der Waals surface area contributed by atoms with E-state index in [0.717, 1.165) is 25.1 Å². The van der Waals surface area contributed by atoms with Crippen LogP contribution in [0.4, 0.5) is 0 Å². The van der Waals surface area contributed by atoms with Gasteiger partial charge in [-0.15, -0.1) is 0 Å². The summed E-state index contributed by atoms with van der Waals surface area (Å²) in [5.74, 6) is 0. The first-order chi connectivity index (χ1) is 10.5. The predicted octanol–water partition coefficient (Wildman–Crippen LogP) is 2.72. The van der Waals surface area contributed by atoms with Crippen molar-refractivity contribution < 1.29 is 9.47 Å². The molecule has 0 bridgehead atoms. The Hall–Kier alpha value is -1.41. The zero-order valence-corrected chi connectivity index (χ0v) is 14.0. The number of nitriles is 1. The van der Waals surface area contributed by atoms with E-state index in [1.54, 1.807) is 14.2 Å². The Kier molecular flexibility index (Phi) is 5.57. The average Bonchev–Trinajstić information content (AvgIpc) is 2.90. The second-order valence-electron chi connectivity index (χ2n) is 6.53. The third-order valence-corrected chi connectivity index (χ3v) is 4.53. The summed E-state index contributed by atoms with van der Waals surface area (Å²) in [7, 11) is 3.51. The molecule has 0 radical (unpaired) electrons. The molecule has 1 aliphatic heterocycles. The van der Waals surface area contributed by atoms with Crippen LogP contribution in [0.25, 0.3) is 0 Å². The number of likely N-dealkylation sites (tertiary alicyclic amines) is 1. The van der Waals surface area contributed by atoms with Gasteiger partial charge in [0.05, 0.1) is 24.2 Å². The molecule has 0 N–H and O–H groups in total. The number of benzene rings is 1. The molecule has 2 rings (SSSR count). The van der Waals surface area contributed by atoms with E-state index >= 15 is 0 Å². The Morgan fingerprint density at radius 2 is 2.05 bits per heavy atom. The fourth-order valence-corrected chi connectivity index (χ4v) is 3.21. The standard InChI is InChI=1S/C18H26N2O2/c1-18(2,13-19)17-8-6-5-7-14(17)10-20-11-16(22-4)9-15(20)12-21-3/h5-8,15-16H,9-12H2,1-4H3/t15-,16+/m0/s1. The maximum absolute atomic E-state index is 9.45. The summed E-state index contributed by atoms with van der Waals surface area (Å²) in [6.45, 7) is 6.39. The highest BCUT2D eigenvalue weighted by atomic mass is 16.5. The molecule has 0 saturated carbocycles. The molecule has 0 unspecified atom stereocenters. The van der Waals surface area contributed by atoms with Gasteiger partial charge in [-0.3, -0.25) is 4.90 Å². The molecule has 1 aromatic carbocycles. The van der Waals surface area contributed by atoms with Gasteiger partial charge in [-0.05, 0) is 31.4 Å². The molecule has 0 amide bonds. The van der Waals surface area contributed by atoms with Crippen LogP contribution in [-0.2, 0) is 21.4 Å². The fourth-order valence-electron chi connectivity index (χ4n) is 3.21. The van der Waals surface area contributed by atoms with Crippen molar-refractivity contribution in [3.63, 3.8) is 0 Å². The lowest BCUT2D eigenvalue weighted by atomic mass is 9.83. The van der Waals surface area contributed by atoms with Crippen LogP contribution in [0.5, 0.6) is 0 Å². The third kappa shape index (κ3) is 3.67. The van der Waals surface area contributed by atoms with E-state index < -0.39 is 5.41 Å². The summed E-state index contributed by atoms with van der Waals surface area (Å²) in [6.07, 6.45) is 1.25. The minimum atomic E-state index is -0.478. The summed E-state index contributed by atoms with van der Waals surface area (Å²) in [4.78, 5) is 2.41. The maximum Gasteiger partial charge on any atom is 0.0769 e. The Morgan fingerprint density at radius 3 is 2.68 bits per heavy atom. The quantitative estimate of drug-likeness (QED) is 0.810. The first-order valence-corrected chi connectivity index (χ1v) is 7.77. The minimum absolute atomic E-state index is 0.260. The van der Waals surface area contributed by atoms with Crippen molar-refractivity contribution in [2.24, 2.45) is 0 Å². The largest absolute Gasteiger partial charge is 0.383 e. The molecular weight excluding hydrogens is 276 g/mol. The van der Waals surface area contributed by atoms with Crippen LogP contribution >= 0.6 is 0 Å². The molecule has 22 heavy (non-hydrogen) atoms. The predicted molar refractivity (Wildman–Crippen MR) is 86.6 cm³/mol. The number of methoxy groups -OCH3 is 2. The van der Waals surface area contributed by atoms with Crippen LogP contribution in [-0.4, -0.2) is 44.4 Å². The second-order valence-corrected chi connectivity index (χ2v) is 6.53. The summed E-state index contributed by atoms with van der Waals surface area (Å²) in [5.41, 5.74) is 1.84. The first-order valence-electron chi connectivity index (χ1n) is 7.77. The van der Waals surface area contributed by atoms with Gasteiger partial charge >= 0.3 is 0 Å². The van der Waals surface area contributed by atoms with Gasteiger partial charge in [0.25, 0.3) is 0 Å². The summed E-state index contributed by atoms with van der Waals surface area (Å²) in [5, 5.41) is 9.45. The highest BCUT2D eigenvalue weighted by molar-refractivity contribution is 5.37. The van der Waals surface area contributed by atoms with Crippen molar-refractivity contribution in [2.75, 3.05) is 27.4 Å². The summed E-state index contributed by atoms with van der Waals surface area (Å²) >= 11 is 0. The number of hydrogen-bond donors (Lipinski definition) is 0. The zero-order valence-electron chi connectivity index (χ0n) is 14.0. The lowest BCUT2D eigenvalue weighted by Crippen LogP contribution is -2.33. The van der Waals surface area contributed by atoms with Gasteiger partial charge in [0.15, 0.2) is 0 Å². The van der Waals surface area contributed by atoms with E-state index in [2.05, 4.69) is 23.1 Å². The lowest BCUT2D eigenvalue weighted by Gasteiger charge is -2.27. The molecule has 1 saturated heterocycles. The molecule has 2 atom stereocenters. The van der Waals surface area contributed by atoms with Crippen molar-refractivity contribution in [3.05, 3.63) is 35.4 Å². The van der Waals surface area contributed by atoms with E-state index in [1.807, 2.05) is 26.0 Å². The smallest absolute Gasteiger partial charge is 0.0769 e. The van der Waals surface area contributed by atoms with Gasteiger partial charge in [0.2, 0.25) is 0 Å². The number of rotatable bonds is 6. The minimum Gasteiger partial charge on any atom is -0.383 e. The van der Waals surface area contributed by atoms with Crippen LogP contribution in [0, 0.1) is 11.3 Å². The van der Waals surface area contributed by atoms with Crippen molar-refractivity contribution in [2.45, 2.75) is 44.4 Å². The van der Waals surface area contributed by atoms with Gasteiger partial charge < -0.3 is 9.47 Å². The van der Waals surface area contributed by atoms with E-state index in [4.69, 9.17) is 9.47 Å². The monoisotopic (exact) mass is 302 g/mol.